The number of hydrogen-bond acceptors (Lipinski definition) is 4. The Morgan fingerprint density at radius 3 is 2.35 bits per heavy atom. The molecule has 0 fully saturated rings. The number of sulfonamides is 1. The van der Waals surface area contributed by atoms with Gasteiger partial charge in [0, 0.05) is 13.6 Å². The van der Waals surface area contributed by atoms with E-state index in [1.54, 1.807) is 27.0 Å². The van der Waals surface area contributed by atoms with E-state index in [1.165, 1.54) is 4.31 Å². The first-order valence-corrected chi connectivity index (χ1v) is 8.05. The van der Waals surface area contributed by atoms with E-state index in [-0.39, 0.29) is 11.0 Å². The number of benzene rings is 1. The number of nitrogen functional groups attached to an aromatic ring is 1. The van der Waals surface area contributed by atoms with E-state index >= 15 is 0 Å². The normalized spacial score (nSPS) is 12.3. The Morgan fingerprint density at radius 1 is 1.25 bits per heavy atom. The minimum absolute atomic E-state index is 0.0804. The smallest absolute Gasteiger partial charge is 0.245 e. The van der Waals surface area contributed by atoms with Crippen molar-refractivity contribution in [3.8, 4) is 0 Å². The van der Waals surface area contributed by atoms with Gasteiger partial charge < -0.3 is 10.5 Å². The Kier molecular flexibility index (Phi) is 5.56. The van der Waals surface area contributed by atoms with E-state index < -0.39 is 10.0 Å². The number of nitrogens with two attached hydrogens (primary N) is 1. The molecule has 1 rings (SSSR count). The van der Waals surface area contributed by atoms with Crippen molar-refractivity contribution in [3.05, 3.63) is 23.3 Å². The third kappa shape index (κ3) is 3.71. The van der Waals surface area contributed by atoms with Crippen molar-refractivity contribution in [2.45, 2.75) is 38.7 Å². The molecule has 1 aromatic rings. The standard InChI is InChI=1S/C14H24N2O3S/c1-10(2)19-9-8-16(5)20(17,18)14-12(4)7-6-11(3)13(14)15/h6-7,10H,8-9,15H2,1-5H3. The third-order valence-corrected chi connectivity index (χ3v) is 5.20. The second kappa shape index (κ2) is 6.56. The summed E-state index contributed by atoms with van der Waals surface area (Å²) in [5, 5.41) is 0. The van der Waals surface area contributed by atoms with Gasteiger partial charge in [-0.2, -0.15) is 4.31 Å². The number of aryl methyl sites for hydroxylation is 2. The maximum absolute atomic E-state index is 12.6. The van der Waals surface area contributed by atoms with Crippen LogP contribution in [0.3, 0.4) is 0 Å². The summed E-state index contributed by atoms with van der Waals surface area (Å²) in [7, 11) is -2.05. The predicted octanol–water partition coefficient (Wildman–Crippen LogP) is 1.93. The summed E-state index contributed by atoms with van der Waals surface area (Å²) in [5.74, 6) is 0. The van der Waals surface area contributed by atoms with Crippen molar-refractivity contribution in [1.82, 2.24) is 4.31 Å². The van der Waals surface area contributed by atoms with Crippen LogP contribution in [0.5, 0.6) is 0 Å². The van der Waals surface area contributed by atoms with Gasteiger partial charge in [-0.3, -0.25) is 0 Å². The topological polar surface area (TPSA) is 72.6 Å². The molecule has 0 atom stereocenters. The lowest BCUT2D eigenvalue weighted by molar-refractivity contribution is 0.0737. The van der Waals surface area contributed by atoms with Crippen LogP contribution < -0.4 is 5.73 Å². The summed E-state index contributed by atoms with van der Waals surface area (Å²) in [4.78, 5) is 0.199. The van der Waals surface area contributed by atoms with Crippen molar-refractivity contribution in [2.24, 2.45) is 0 Å². The SMILES string of the molecule is Cc1ccc(C)c(S(=O)(=O)N(C)CCOC(C)C)c1N. The zero-order chi connectivity index (χ0) is 15.5. The molecule has 0 radical (unpaired) electrons. The summed E-state index contributed by atoms with van der Waals surface area (Å²) in [5.41, 5.74) is 7.69. The van der Waals surface area contributed by atoms with E-state index in [0.29, 0.717) is 24.4 Å². The first-order chi connectivity index (χ1) is 9.17. The molecule has 0 amide bonds. The monoisotopic (exact) mass is 300 g/mol. The Bertz CT molecular complexity index is 568. The van der Waals surface area contributed by atoms with Gasteiger partial charge >= 0.3 is 0 Å². The van der Waals surface area contributed by atoms with Crippen LogP contribution in [0.25, 0.3) is 0 Å². The fourth-order valence-corrected chi connectivity index (χ4v) is 3.38. The summed E-state index contributed by atoms with van der Waals surface area (Å²) in [6.45, 7) is 8.04. The van der Waals surface area contributed by atoms with Gasteiger partial charge in [0.2, 0.25) is 10.0 Å². The molecule has 5 nitrogen and oxygen atoms in total. The average molecular weight is 300 g/mol. The van der Waals surface area contributed by atoms with Gasteiger partial charge in [-0.1, -0.05) is 12.1 Å². The molecule has 114 valence electrons. The van der Waals surface area contributed by atoms with Gasteiger partial charge in [-0.25, -0.2) is 8.42 Å². The Labute approximate surface area is 121 Å². The molecule has 0 saturated carbocycles. The van der Waals surface area contributed by atoms with Crippen molar-refractivity contribution in [2.75, 3.05) is 25.9 Å². The molecule has 0 spiro atoms. The molecule has 0 aliphatic carbocycles. The molecule has 0 aliphatic heterocycles. The molecule has 0 aromatic heterocycles. The molecule has 0 unspecified atom stereocenters. The number of likely N-dealkylation sites (N-methyl/N-ethyl adjacent to an activating group) is 1. The fourth-order valence-electron chi connectivity index (χ4n) is 1.84. The highest BCUT2D eigenvalue weighted by Crippen LogP contribution is 2.28. The third-order valence-electron chi connectivity index (χ3n) is 3.14. The van der Waals surface area contributed by atoms with Crippen molar-refractivity contribution >= 4 is 15.7 Å². The average Bonchev–Trinajstić information content (AvgIpc) is 2.33. The Morgan fingerprint density at radius 2 is 1.80 bits per heavy atom. The van der Waals surface area contributed by atoms with Gasteiger partial charge in [-0.05, 0) is 38.8 Å². The van der Waals surface area contributed by atoms with E-state index in [0.717, 1.165) is 5.56 Å². The molecule has 20 heavy (non-hydrogen) atoms. The molecule has 0 saturated heterocycles. The number of rotatable bonds is 6. The predicted molar refractivity (Wildman–Crippen MR) is 81.2 cm³/mol. The van der Waals surface area contributed by atoms with Crippen molar-refractivity contribution < 1.29 is 13.2 Å². The highest BCUT2D eigenvalue weighted by molar-refractivity contribution is 7.89. The second-order valence-corrected chi connectivity index (χ2v) is 7.17. The number of ether oxygens (including phenoxy) is 1. The maximum Gasteiger partial charge on any atom is 0.245 e. The van der Waals surface area contributed by atoms with Crippen LogP contribution in [0.4, 0.5) is 5.69 Å². The molecule has 2 N–H and O–H groups in total. The fraction of sp³-hybridized carbons (Fsp3) is 0.571. The van der Waals surface area contributed by atoms with E-state index in [1.807, 2.05) is 19.9 Å². The van der Waals surface area contributed by atoms with Crippen molar-refractivity contribution in [3.63, 3.8) is 0 Å². The minimum Gasteiger partial charge on any atom is -0.397 e. The molecular formula is C14H24N2O3S. The summed E-state index contributed by atoms with van der Waals surface area (Å²) in [6, 6.07) is 3.60. The van der Waals surface area contributed by atoms with Crippen molar-refractivity contribution in [1.29, 1.82) is 0 Å². The molecule has 0 bridgehead atoms. The maximum atomic E-state index is 12.6. The summed E-state index contributed by atoms with van der Waals surface area (Å²) >= 11 is 0. The van der Waals surface area contributed by atoms with E-state index in [2.05, 4.69) is 0 Å². The zero-order valence-electron chi connectivity index (χ0n) is 12.8. The lowest BCUT2D eigenvalue weighted by Crippen LogP contribution is -2.32. The van der Waals surface area contributed by atoms with Crippen LogP contribution in [0.2, 0.25) is 0 Å². The van der Waals surface area contributed by atoms with Gasteiger partial charge in [0.05, 0.1) is 18.4 Å². The number of hydrogen-bond donors (Lipinski definition) is 1. The van der Waals surface area contributed by atoms with Crippen LogP contribution >= 0.6 is 0 Å². The highest BCUT2D eigenvalue weighted by atomic mass is 32.2. The lowest BCUT2D eigenvalue weighted by atomic mass is 10.1. The second-order valence-electron chi connectivity index (χ2n) is 5.19. The molecule has 0 heterocycles. The molecule has 0 aliphatic rings. The van der Waals surface area contributed by atoms with Gasteiger partial charge in [0.1, 0.15) is 4.90 Å². The first-order valence-electron chi connectivity index (χ1n) is 6.61. The number of anilines is 1. The van der Waals surface area contributed by atoms with Crippen LogP contribution in [0, 0.1) is 13.8 Å². The van der Waals surface area contributed by atoms with Crippen LogP contribution in [0.1, 0.15) is 25.0 Å². The quantitative estimate of drug-likeness (QED) is 0.815. The minimum atomic E-state index is -3.59. The molecule has 6 heteroatoms. The summed E-state index contributed by atoms with van der Waals surface area (Å²) < 4.78 is 31.9. The number of nitrogens with zero attached hydrogens (tertiary/aromatic N) is 1. The van der Waals surface area contributed by atoms with E-state index in [4.69, 9.17) is 10.5 Å². The van der Waals surface area contributed by atoms with Crippen LogP contribution in [-0.2, 0) is 14.8 Å². The molecule has 1 aromatic carbocycles. The van der Waals surface area contributed by atoms with Gasteiger partial charge in [0.25, 0.3) is 0 Å². The Balaban J connectivity index is 3.02. The first kappa shape index (κ1) is 16.9. The van der Waals surface area contributed by atoms with Gasteiger partial charge in [0.15, 0.2) is 0 Å². The lowest BCUT2D eigenvalue weighted by Gasteiger charge is -2.21. The Hall–Kier alpha value is -1.11. The zero-order valence-corrected chi connectivity index (χ0v) is 13.6. The van der Waals surface area contributed by atoms with Gasteiger partial charge in [-0.15, -0.1) is 0 Å². The van der Waals surface area contributed by atoms with Crippen LogP contribution in [-0.4, -0.2) is 39.0 Å². The summed E-state index contributed by atoms with van der Waals surface area (Å²) in [6.07, 6.45) is 0.0804. The van der Waals surface area contributed by atoms with E-state index in [9.17, 15) is 8.42 Å². The highest BCUT2D eigenvalue weighted by Gasteiger charge is 2.25. The molecular weight excluding hydrogens is 276 g/mol. The largest absolute Gasteiger partial charge is 0.397 e. The van der Waals surface area contributed by atoms with Crippen LogP contribution in [0.15, 0.2) is 17.0 Å².